The summed E-state index contributed by atoms with van der Waals surface area (Å²) in [5.74, 6) is 0.396. The largest absolute Gasteiger partial charge is 0.331 e. The summed E-state index contributed by atoms with van der Waals surface area (Å²) in [6, 6.07) is 9.82. The number of nitrogens with one attached hydrogen (secondary N) is 2. The van der Waals surface area contributed by atoms with E-state index in [9.17, 15) is 4.79 Å². The third kappa shape index (κ3) is 4.26. The number of amides is 2. The summed E-state index contributed by atoms with van der Waals surface area (Å²) in [5.41, 5.74) is 2.71. The number of rotatable bonds is 6. The average Bonchev–Trinajstić information content (AvgIpc) is 3.01. The zero-order valence-corrected chi connectivity index (χ0v) is 13.1. The number of nitrogens with zero attached hydrogens (tertiary/aromatic N) is 2. The molecule has 5 nitrogen and oxygen atoms in total. The van der Waals surface area contributed by atoms with Crippen molar-refractivity contribution >= 4 is 22.5 Å². The maximum atomic E-state index is 12.1. The highest BCUT2D eigenvalue weighted by atomic mass is 32.1. The Hall–Kier alpha value is -1.95. The zero-order chi connectivity index (χ0) is 15.1. The summed E-state index contributed by atoms with van der Waals surface area (Å²) < 4.78 is 0. The Morgan fingerprint density at radius 1 is 1.24 bits per heavy atom. The van der Waals surface area contributed by atoms with Crippen molar-refractivity contribution in [1.82, 2.24) is 15.5 Å². The number of hydrogen-bond acceptors (Lipinski definition) is 4. The van der Waals surface area contributed by atoms with Crippen LogP contribution in [0.15, 0.2) is 35.8 Å². The topological polar surface area (TPSA) is 66.9 Å². The Kier molecular flexibility index (Phi) is 5.68. The van der Waals surface area contributed by atoms with Gasteiger partial charge in [0.15, 0.2) is 0 Å². The van der Waals surface area contributed by atoms with Gasteiger partial charge in [0.25, 0.3) is 0 Å². The first-order chi connectivity index (χ1) is 10.2. The fourth-order valence-corrected chi connectivity index (χ4v) is 2.84. The van der Waals surface area contributed by atoms with Gasteiger partial charge in [-0.1, -0.05) is 68.4 Å². The summed E-state index contributed by atoms with van der Waals surface area (Å²) in [6.07, 6.45) is 2.02. The fraction of sp³-hybridized carbons (Fsp3) is 0.400. The summed E-state index contributed by atoms with van der Waals surface area (Å²) in [6.45, 7) is 4.29. The van der Waals surface area contributed by atoms with Crippen molar-refractivity contribution < 1.29 is 4.79 Å². The molecule has 21 heavy (non-hydrogen) atoms. The monoisotopic (exact) mass is 304 g/mol. The minimum Gasteiger partial charge on any atom is -0.331 e. The van der Waals surface area contributed by atoms with Gasteiger partial charge in [-0.3, -0.25) is 5.32 Å². The second-order valence-corrected chi connectivity index (χ2v) is 5.64. The van der Waals surface area contributed by atoms with Crippen molar-refractivity contribution in [3.63, 3.8) is 0 Å². The van der Waals surface area contributed by atoms with E-state index in [-0.39, 0.29) is 12.1 Å². The number of carbonyl (C=O) groups excluding carboxylic acids is 1. The van der Waals surface area contributed by atoms with Crippen LogP contribution in [-0.4, -0.2) is 16.2 Å². The maximum Gasteiger partial charge on any atom is 0.321 e. The van der Waals surface area contributed by atoms with Gasteiger partial charge < -0.3 is 5.32 Å². The molecule has 1 atom stereocenters. The summed E-state index contributed by atoms with van der Waals surface area (Å²) in [5, 5.41) is 13.8. The normalized spacial score (nSPS) is 12.1. The molecule has 0 fully saturated rings. The van der Waals surface area contributed by atoms with Gasteiger partial charge in [-0.2, -0.15) is 0 Å². The van der Waals surface area contributed by atoms with Gasteiger partial charge in [0.1, 0.15) is 5.51 Å². The second-order valence-electron chi connectivity index (χ2n) is 4.81. The lowest BCUT2D eigenvalue weighted by molar-refractivity contribution is 0.241. The van der Waals surface area contributed by atoms with E-state index in [0.29, 0.717) is 11.0 Å². The number of urea groups is 1. The van der Waals surface area contributed by atoms with E-state index < -0.39 is 0 Å². The van der Waals surface area contributed by atoms with Crippen molar-refractivity contribution in [2.75, 3.05) is 5.32 Å². The van der Waals surface area contributed by atoms with Crippen molar-refractivity contribution in [2.24, 2.45) is 5.92 Å². The Bertz CT molecular complexity index is 540. The first-order valence-electron chi connectivity index (χ1n) is 7.13. The highest BCUT2D eigenvalue weighted by Gasteiger charge is 2.22. The third-order valence-electron chi connectivity index (χ3n) is 3.55. The van der Waals surface area contributed by atoms with Crippen LogP contribution in [0.1, 0.15) is 38.3 Å². The van der Waals surface area contributed by atoms with Crippen molar-refractivity contribution in [1.29, 1.82) is 0 Å². The standard InChI is InChI=1S/C15H20N4OS/c1-3-11(4-2)13(12-8-6-5-7-9-12)17-14(20)18-15-19-16-10-21-15/h5-11,13H,3-4H2,1-2H3,(H2,17,18,19,20). The minimum absolute atomic E-state index is 0.00544. The zero-order valence-electron chi connectivity index (χ0n) is 12.2. The van der Waals surface area contributed by atoms with Gasteiger partial charge in [0.05, 0.1) is 6.04 Å². The lowest BCUT2D eigenvalue weighted by Gasteiger charge is -2.26. The molecule has 112 valence electrons. The first kappa shape index (κ1) is 15.4. The van der Waals surface area contributed by atoms with Crippen molar-refractivity contribution in [3.05, 3.63) is 41.4 Å². The van der Waals surface area contributed by atoms with Gasteiger partial charge >= 0.3 is 6.03 Å². The molecule has 0 aliphatic heterocycles. The number of anilines is 1. The molecule has 1 aromatic carbocycles. The van der Waals surface area contributed by atoms with Gasteiger partial charge in [0.2, 0.25) is 5.13 Å². The third-order valence-corrected chi connectivity index (χ3v) is 4.15. The molecule has 1 heterocycles. The lowest BCUT2D eigenvalue weighted by Crippen LogP contribution is -2.36. The SMILES string of the molecule is CCC(CC)C(NC(=O)Nc1nncs1)c1ccccc1. The van der Waals surface area contributed by atoms with Crippen molar-refractivity contribution in [2.45, 2.75) is 32.7 Å². The van der Waals surface area contributed by atoms with E-state index in [1.165, 1.54) is 11.3 Å². The van der Waals surface area contributed by atoms with Crippen LogP contribution in [0.25, 0.3) is 0 Å². The van der Waals surface area contributed by atoms with Crippen LogP contribution in [0.4, 0.5) is 9.93 Å². The van der Waals surface area contributed by atoms with Gasteiger partial charge in [-0.25, -0.2) is 4.79 Å². The Morgan fingerprint density at radius 2 is 1.95 bits per heavy atom. The van der Waals surface area contributed by atoms with Crippen LogP contribution in [0, 0.1) is 5.92 Å². The quantitative estimate of drug-likeness (QED) is 0.852. The summed E-state index contributed by atoms with van der Waals surface area (Å²) >= 11 is 1.30. The second kappa shape index (κ2) is 7.73. The van der Waals surface area contributed by atoms with Crippen LogP contribution in [0.5, 0.6) is 0 Å². The highest BCUT2D eigenvalue weighted by molar-refractivity contribution is 7.13. The molecule has 0 radical (unpaired) electrons. The predicted octanol–water partition coefficient (Wildman–Crippen LogP) is 3.84. The summed E-state index contributed by atoms with van der Waals surface area (Å²) in [7, 11) is 0. The summed E-state index contributed by atoms with van der Waals surface area (Å²) in [4.78, 5) is 12.1. The molecule has 1 aromatic heterocycles. The van der Waals surface area contributed by atoms with Crippen LogP contribution in [-0.2, 0) is 0 Å². The highest BCUT2D eigenvalue weighted by Crippen LogP contribution is 2.27. The number of aromatic nitrogens is 2. The van der Waals surface area contributed by atoms with Crippen molar-refractivity contribution in [3.8, 4) is 0 Å². The lowest BCUT2D eigenvalue weighted by atomic mass is 9.89. The number of hydrogen-bond donors (Lipinski definition) is 2. The average molecular weight is 304 g/mol. The molecule has 6 heteroatoms. The van der Waals surface area contributed by atoms with Crippen LogP contribution < -0.4 is 10.6 Å². The molecular formula is C15H20N4OS. The molecule has 0 aliphatic carbocycles. The molecule has 0 bridgehead atoms. The molecular weight excluding hydrogens is 284 g/mol. The van der Waals surface area contributed by atoms with E-state index in [1.807, 2.05) is 30.3 Å². The van der Waals surface area contributed by atoms with Gasteiger partial charge in [0, 0.05) is 0 Å². The number of carbonyl (C=O) groups is 1. The molecule has 2 amide bonds. The Morgan fingerprint density at radius 3 is 2.52 bits per heavy atom. The van der Waals surface area contributed by atoms with E-state index >= 15 is 0 Å². The maximum absolute atomic E-state index is 12.1. The van der Waals surface area contributed by atoms with Crippen LogP contribution in [0.2, 0.25) is 0 Å². The Labute approximate surface area is 128 Å². The molecule has 2 aromatic rings. The minimum atomic E-state index is -0.243. The first-order valence-corrected chi connectivity index (χ1v) is 8.01. The van der Waals surface area contributed by atoms with E-state index in [1.54, 1.807) is 5.51 Å². The molecule has 2 N–H and O–H groups in total. The van der Waals surface area contributed by atoms with Gasteiger partial charge in [-0.05, 0) is 11.5 Å². The fourth-order valence-electron chi connectivity index (χ4n) is 2.40. The van der Waals surface area contributed by atoms with E-state index in [0.717, 1.165) is 18.4 Å². The molecule has 0 aliphatic rings. The molecule has 2 rings (SSSR count). The Balaban J connectivity index is 2.10. The smallest absolute Gasteiger partial charge is 0.321 e. The molecule has 0 spiro atoms. The predicted molar refractivity (Wildman–Crippen MR) is 85.3 cm³/mol. The molecule has 0 saturated carbocycles. The van der Waals surface area contributed by atoms with Crippen LogP contribution in [0.3, 0.4) is 0 Å². The van der Waals surface area contributed by atoms with E-state index in [4.69, 9.17) is 0 Å². The molecule has 1 unspecified atom stereocenters. The van der Waals surface area contributed by atoms with Gasteiger partial charge in [-0.15, -0.1) is 10.2 Å². The van der Waals surface area contributed by atoms with E-state index in [2.05, 4.69) is 34.7 Å². The molecule has 0 saturated heterocycles. The number of benzene rings is 1. The van der Waals surface area contributed by atoms with Crippen LogP contribution >= 0.6 is 11.3 Å².